The second-order valence-corrected chi connectivity index (χ2v) is 10.0. The fourth-order valence-electron chi connectivity index (χ4n) is 5.10. The van der Waals surface area contributed by atoms with Crippen LogP contribution in [-0.4, -0.2) is 74.5 Å². The number of rotatable bonds is 6. The zero-order valence-corrected chi connectivity index (χ0v) is 21.7. The molecule has 194 valence electrons. The molecule has 3 heterocycles. The van der Waals surface area contributed by atoms with Crippen LogP contribution in [-0.2, 0) is 12.8 Å². The third-order valence-corrected chi connectivity index (χ3v) is 7.31. The summed E-state index contributed by atoms with van der Waals surface area (Å²) in [5.41, 5.74) is 12.8. The minimum absolute atomic E-state index is 0.263. The van der Waals surface area contributed by atoms with Gasteiger partial charge in [-0.1, -0.05) is 48.6 Å². The van der Waals surface area contributed by atoms with Crippen molar-refractivity contribution in [2.24, 2.45) is 0 Å². The normalized spacial score (nSPS) is 16.2. The summed E-state index contributed by atoms with van der Waals surface area (Å²) in [5, 5.41) is 16.8. The van der Waals surface area contributed by atoms with Gasteiger partial charge in [-0.2, -0.15) is 9.67 Å². The standard InChI is InChI=1S/C29H33N9/c1-36-16-18-37(19-17-36)15-5-6-21-11-13-24(14-12-21)31-29-32-28(30)38(35-29)26-20-23-9-4-8-22-7-2-3-10-25(22)27(23)34-33-26/h2-3,5-7,10-14,20H,4,8-9,15-19H2,1H3,(H3,30,31,32,35)/b6-5+. The highest BCUT2D eigenvalue weighted by atomic mass is 15.4. The number of piperazine rings is 1. The fourth-order valence-corrected chi connectivity index (χ4v) is 5.10. The van der Waals surface area contributed by atoms with E-state index in [0.717, 1.165) is 80.1 Å². The van der Waals surface area contributed by atoms with Crippen molar-refractivity contribution in [1.29, 1.82) is 0 Å². The summed E-state index contributed by atoms with van der Waals surface area (Å²) in [5.74, 6) is 1.25. The number of nitrogens with one attached hydrogen (secondary N) is 1. The van der Waals surface area contributed by atoms with Crippen LogP contribution in [0.4, 0.5) is 17.6 Å². The van der Waals surface area contributed by atoms with Crippen LogP contribution in [0, 0.1) is 0 Å². The molecule has 2 aliphatic rings. The number of aromatic nitrogens is 5. The number of nitrogens with two attached hydrogens (primary N) is 1. The first-order valence-electron chi connectivity index (χ1n) is 13.2. The van der Waals surface area contributed by atoms with Crippen LogP contribution < -0.4 is 11.1 Å². The van der Waals surface area contributed by atoms with Gasteiger partial charge >= 0.3 is 0 Å². The first kappa shape index (κ1) is 24.3. The Labute approximate surface area is 223 Å². The predicted octanol–water partition coefficient (Wildman–Crippen LogP) is 3.80. The second kappa shape index (κ2) is 10.7. The average molecular weight is 508 g/mol. The van der Waals surface area contributed by atoms with Gasteiger partial charge in [0.1, 0.15) is 0 Å². The van der Waals surface area contributed by atoms with E-state index in [1.807, 2.05) is 24.3 Å². The Kier molecular flexibility index (Phi) is 6.85. The van der Waals surface area contributed by atoms with Gasteiger partial charge in [-0.25, -0.2) is 0 Å². The van der Waals surface area contributed by atoms with Crippen molar-refractivity contribution in [2.45, 2.75) is 19.3 Å². The van der Waals surface area contributed by atoms with Crippen molar-refractivity contribution < 1.29 is 0 Å². The van der Waals surface area contributed by atoms with Gasteiger partial charge in [-0.05, 0) is 61.2 Å². The van der Waals surface area contributed by atoms with Gasteiger partial charge in [-0.3, -0.25) is 4.90 Å². The fraction of sp³-hybridized carbons (Fsp3) is 0.310. The summed E-state index contributed by atoms with van der Waals surface area (Å²) < 4.78 is 1.54. The highest BCUT2D eigenvalue weighted by Gasteiger charge is 2.19. The summed E-state index contributed by atoms with van der Waals surface area (Å²) in [6.45, 7) is 5.49. The van der Waals surface area contributed by atoms with Crippen LogP contribution in [0.1, 0.15) is 23.1 Å². The number of fused-ring (bicyclic) bond motifs is 3. The second-order valence-electron chi connectivity index (χ2n) is 10.0. The number of nitrogens with zero attached hydrogens (tertiary/aromatic N) is 7. The minimum atomic E-state index is 0.263. The molecule has 1 fully saturated rings. The highest BCUT2D eigenvalue weighted by Crippen LogP contribution is 2.31. The van der Waals surface area contributed by atoms with Gasteiger partial charge in [0.15, 0.2) is 5.82 Å². The predicted molar refractivity (Wildman–Crippen MR) is 152 cm³/mol. The lowest BCUT2D eigenvalue weighted by atomic mass is 10.0. The number of hydrogen-bond donors (Lipinski definition) is 2. The molecule has 4 aromatic rings. The molecular formula is C29H33N9. The number of nitrogen functional groups attached to an aromatic ring is 1. The molecular weight excluding hydrogens is 474 g/mol. The summed E-state index contributed by atoms with van der Waals surface area (Å²) in [7, 11) is 2.18. The lowest BCUT2D eigenvalue weighted by Gasteiger charge is -2.31. The van der Waals surface area contributed by atoms with E-state index in [1.165, 1.54) is 5.56 Å². The van der Waals surface area contributed by atoms with E-state index in [-0.39, 0.29) is 5.95 Å². The number of benzene rings is 2. The van der Waals surface area contributed by atoms with E-state index in [9.17, 15) is 0 Å². The Morgan fingerprint density at radius 2 is 1.74 bits per heavy atom. The van der Waals surface area contributed by atoms with E-state index in [2.05, 4.69) is 84.9 Å². The number of anilines is 3. The summed E-state index contributed by atoms with van der Waals surface area (Å²) in [6.07, 6.45) is 7.44. The molecule has 0 radical (unpaired) electrons. The van der Waals surface area contributed by atoms with E-state index >= 15 is 0 Å². The maximum atomic E-state index is 6.22. The van der Waals surface area contributed by atoms with Gasteiger partial charge in [0.25, 0.3) is 0 Å². The number of likely N-dealkylation sites (N-methyl/N-ethyl adjacent to an activating group) is 1. The van der Waals surface area contributed by atoms with Crippen molar-refractivity contribution in [1.82, 2.24) is 34.8 Å². The minimum Gasteiger partial charge on any atom is -0.368 e. The third kappa shape index (κ3) is 5.29. The van der Waals surface area contributed by atoms with E-state index in [0.29, 0.717) is 11.8 Å². The van der Waals surface area contributed by atoms with E-state index in [1.54, 1.807) is 4.68 Å². The summed E-state index contributed by atoms with van der Waals surface area (Å²) >= 11 is 0. The van der Waals surface area contributed by atoms with Crippen LogP contribution in [0.3, 0.4) is 0 Å². The lowest BCUT2D eigenvalue weighted by Crippen LogP contribution is -2.44. The lowest BCUT2D eigenvalue weighted by molar-refractivity contribution is 0.167. The molecule has 3 N–H and O–H groups in total. The molecule has 9 heteroatoms. The quantitative estimate of drug-likeness (QED) is 0.407. The van der Waals surface area contributed by atoms with Crippen LogP contribution in [0.15, 0.2) is 60.7 Å². The van der Waals surface area contributed by atoms with Crippen LogP contribution in [0.5, 0.6) is 0 Å². The Morgan fingerprint density at radius 1 is 0.947 bits per heavy atom. The molecule has 0 saturated carbocycles. The topological polar surface area (TPSA) is 101 Å². The van der Waals surface area contributed by atoms with Gasteiger partial charge in [0, 0.05) is 44.0 Å². The van der Waals surface area contributed by atoms with Crippen LogP contribution in [0.25, 0.3) is 23.2 Å². The van der Waals surface area contributed by atoms with E-state index < -0.39 is 0 Å². The molecule has 0 unspecified atom stereocenters. The van der Waals surface area contributed by atoms with Gasteiger partial charge < -0.3 is 16.0 Å². The zero-order chi connectivity index (χ0) is 25.9. The Balaban J connectivity index is 1.13. The molecule has 38 heavy (non-hydrogen) atoms. The van der Waals surface area contributed by atoms with Crippen LogP contribution >= 0.6 is 0 Å². The van der Waals surface area contributed by atoms with Gasteiger partial charge in [0.05, 0.1) is 5.69 Å². The molecule has 1 saturated heterocycles. The molecule has 0 spiro atoms. The highest BCUT2D eigenvalue weighted by molar-refractivity contribution is 5.68. The van der Waals surface area contributed by atoms with Crippen molar-refractivity contribution in [2.75, 3.05) is 50.8 Å². The van der Waals surface area contributed by atoms with Crippen molar-refractivity contribution in [3.63, 3.8) is 0 Å². The van der Waals surface area contributed by atoms with Crippen LogP contribution in [0.2, 0.25) is 0 Å². The Hall–Kier alpha value is -4.08. The maximum Gasteiger partial charge on any atom is 0.248 e. The molecule has 6 rings (SSSR count). The third-order valence-electron chi connectivity index (χ3n) is 7.31. The average Bonchev–Trinajstić information content (AvgIpc) is 3.20. The molecule has 2 aromatic carbocycles. The van der Waals surface area contributed by atoms with Gasteiger partial charge in [0.2, 0.25) is 11.9 Å². The van der Waals surface area contributed by atoms with Crippen molar-refractivity contribution in [3.8, 4) is 17.1 Å². The zero-order valence-electron chi connectivity index (χ0n) is 21.7. The molecule has 9 nitrogen and oxygen atoms in total. The molecule has 0 bridgehead atoms. The van der Waals surface area contributed by atoms with E-state index in [4.69, 9.17) is 5.73 Å². The molecule has 0 amide bonds. The Morgan fingerprint density at radius 3 is 2.58 bits per heavy atom. The first-order valence-corrected chi connectivity index (χ1v) is 13.2. The summed E-state index contributed by atoms with van der Waals surface area (Å²) in [4.78, 5) is 9.26. The first-order chi connectivity index (χ1) is 18.6. The van der Waals surface area contributed by atoms with Gasteiger partial charge in [-0.15, -0.1) is 15.3 Å². The van der Waals surface area contributed by atoms with Crippen molar-refractivity contribution in [3.05, 3.63) is 77.4 Å². The molecule has 2 aromatic heterocycles. The molecule has 1 aliphatic carbocycles. The largest absolute Gasteiger partial charge is 0.368 e. The van der Waals surface area contributed by atoms with Crippen molar-refractivity contribution >= 4 is 23.7 Å². The summed E-state index contributed by atoms with van der Waals surface area (Å²) in [6, 6.07) is 18.7. The SMILES string of the molecule is CN1CCN(C/C=C/c2ccc(Nc3nc(N)n(-c4cc5c(nn4)-c4ccccc4CCC5)n3)cc2)CC1. The Bertz CT molecular complexity index is 1430. The monoisotopic (exact) mass is 507 g/mol. The number of hydrogen-bond acceptors (Lipinski definition) is 8. The molecule has 1 aliphatic heterocycles. The maximum absolute atomic E-state index is 6.22. The number of aryl methyl sites for hydroxylation is 2. The molecule has 0 atom stereocenters. The smallest absolute Gasteiger partial charge is 0.248 e.